The number of alkyl halides is 2. The lowest BCUT2D eigenvalue weighted by Gasteiger charge is -2.08. The molecule has 118 valence electrons. The van der Waals surface area contributed by atoms with Crippen LogP contribution < -0.4 is 11.2 Å². The molecule has 0 amide bonds. The van der Waals surface area contributed by atoms with Gasteiger partial charge in [0.25, 0.3) is 5.56 Å². The lowest BCUT2D eigenvalue weighted by atomic mass is 10.0. The summed E-state index contributed by atoms with van der Waals surface area (Å²) in [5.41, 5.74) is -0.628. The van der Waals surface area contributed by atoms with Gasteiger partial charge in [-0.05, 0) is 44.6 Å². The van der Waals surface area contributed by atoms with Gasteiger partial charge >= 0.3 is 5.63 Å². The van der Waals surface area contributed by atoms with Crippen LogP contribution in [0.2, 0.25) is 0 Å². The van der Waals surface area contributed by atoms with Crippen LogP contribution in [-0.2, 0) is 6.42 Å². The molecule has 0 saturated heterocycles. The number of aryl methyl sites for hydroxylation is 1. The summed E-state index contributed by atoms with van der Waals surface area (Å²) < 4.78 is 18.3. The van der Waals surface area contributed by atoms with Gasteiger partial charge in [0.15, 0.2) is 6.17 Å². The third-order valence-electron chi connectivity index (χ3n) is 3.96. The van der Waals surface area contributed by atoms with E-state index >= 15 is 0 Å². The lowest BCUT2D eigenvalue weighted by molar-refractivity contribution is 0.355. The molecule has 2 heterocycles. The zero-order chi connectivity index (χ0) is 15.9. The maximum Gasteiger partial charge on any atom is 0.337 e. The van der Waals surface area contributed by atoms with Crippen LogP contribution >= 0.6 is 11.6 Å². The second-order valence-corrected chi connectivity index (χ2v) is 6.64. The van der Waals surface area contributed by atoms with Gasteiger partial charge in [-0.2, -0.15) is 4.98 Å². The summed E-state index contributed by atoms with van der Waals surface area (Å²) in [6.07, 6.45) is 2.70. The number of fused-ring (bicyclic) bond motifs is 1. The number of nitrogens with zero attached hydrogens (tertiary/aromatic N) is 1. The SMILES string of the molecule is CC(F)c1nc2oc(=O)cc(CCCC3(Cl)CC3)c2c(=O)[nH]1. The normalized spacial score (nSPS) is 17.6. The molecule has 1 aliphatic carbocycles. The van der Waals surface area contributed by atoms with Crippen LogP contribution in [0, 0.1) is 0 Å². The zero-order valence-electron chi connectivity index (χ0n) is 12.1. The van der Waals surface area contributed by atoms with Crippen molar-refractivity contribution >= 4 is 22.7 Å². The summed E-state index contributed by atoms with van der Waals surface area (Å²) in [5.74, 6) is -0.143. The highest BCUT2D eigenvalue weighted by Gasteiger charge is 2.39. The van der Waals surface area contributed by atoms with Crippen LogP contribution in [0.25, 0.3) is 11.1 Å². The summed E-state index contributed by atoms with van der Waals surface area (Å²) in [4.78, 5) is 30.0. The van der Waals surface area contributed by atoms with E-state index in [0.29, 0.717) is 12.0 Å². The van der Waals surface area contributed by atoms with Gasteiger partial charge < -0.3 is 9.40 Å². The van der Waals surface area contributed by atoms with E-state index in [1.54, 1.807) is 0 Å². The van der Waals surface area contributed by atoms with Gasteiger partial charge in [0, 0.05) is 10.9 Å². The maximum atomic E-state index is 13.3. The van der Waals surface area contributed by atoms with Gasteiger partial charge in [0.2, 0.25) is 5.71 Å². The fourth-order valence-electron chi connectivity index (χ4n) is 2.53. The first-order valence-electron chi connectivity index (χ1n) is 7.28. The fraction of sp³-hybridized carbons (Fsp3) is 0.533. The molecule has 7 heteroatoms. The Labute approximate surface area is 130 Å². The number of halogens is 2. The van der Waals surface area contributed by atoms with E-state index in [1.807, 2.05) is 0 Å². The Morgan fingerprint density at radius 3 is 2.86 bits per heavy atom. The Hall–Kier alpha value is -1.69. The van der Waals surface area contributed by atoms with Gasteiger partial charge in [-0.25, -0.2) is 9.18 Å². The van der Waals surface area contributed by atoms with Crippen LogP contribution in [0.15, 0.2) is 20.1 Å². The zero-order valence-corrected chi connectivity index (χ0v) is 12.9. The number of nitrogens with one attached hydrogen (secondary N) is 1. The quantitative estimate of drug-likeness (QED) is 0.857. The van der Waals surface area contributed by atoms with Crippen LogP contribution in [0.3, 0.4) is 0 Å². The molecule has 5 nitrogen and oxygen atoms in total. The largest absolute Gasteiger partial charge is 0.403 e. The number of aromatic amines is 1. The van der Waals surface area contributed by atoms with Crippen LogP contribution in [0.1, 0.15) is 50.2 Å². The van der Waals surface area contributed by atoms with E-state index in [4.69, 9.17) is 16.0 Å². The fourth-order valence-corrected chi connectivity index (χ4v) is 2.76. The molecule has 0 radical (unpaired) electrons. The Balaban J connectivity index is 1.98. The van der Waals surface area contributed by atoms with Crippen molar-refractivity contribution in [2.45, 2.75) is 50.1 Å². The molecule has 1 atom stereocenters. The van der Waals surface area contributed by atoms with Crippen molar-refractivity contribution in [3.8, 4) is 0 Å². The van der Waals surface area contributed by atoms with Crippen molar-refractivity contribution in [1.29, 1.82) is 0 Å². The summed E-state index contributed by atoms with van der Waals surface area (Å²) >= 11 is 6.24. The molecule has 3 rings (SSSR count). The van der Waals surface area contributed by atoms with Gasteiger partial charge in [0.05, 0.1) is 0 Å². The van der Waals surface area contributed by atoms with Crippen LogP contribution in [0.5, 0.6) is 0 Å². The number of hydrogen-bond donors (Lipinski definition) is 1. The van der Waals surface area contributed by atoms with E-state index in [2.05, 4.69) is 9.97 Å². The number of H-pyrrole nitrogens is 1. The Bertz CT molecular complexity index is 824. The minimum atomic E-state index is -1.45. The highest BCUT2D eigenvalue weighted by Crippen LogP contribution is 2.46. The first-order chi connectivity index (χ1) is 10.4. The molecule has 1 saturated carbocycles. The predicted molar refractivity (Wildman–Crippen MR) is 81.2 cm³/mol. The lowest BCUT2D eigenvalue weighted by Crippen LogP contribution is -2.16. The van der Waals surface area contributed by atoms with Crippen molar-refractivity contribution in [2.24, 2.45) is 0 Å². The van der Waals surface area contributed by atoms with Crippen molar-refractivity contribution in [3.63, 3.8) is 0 Å². The number of aromatic nitrogens is 2. The summed E-state index contributed by atoms with van der Waals surface area (Å²) in [6.45, 7) is 1.25. The standard InChI is InChI=1S/C15H16ClFN2O3/c1-8(17)12-18-13(21)11-9(3-2-4-15(16)5-6-15)7-10(20)22-14(11)19-12/h7-8H,2-6H2,1H3,(H,18,19,21). The Morgan fingerprint density at radius 2 is 2.23 bits per heavy atom. The molecular formula is C15H16ClFN2O3. The maximum absolute atomic E-state index is 13.3. The van der Waals surface area contributed by atoms with Crippen molar-refractivity contribution in [3.05, 3.63) is 38.2 Å². The van der Waals surface area contributed by atoms with Gasteiger partial charge in [0.1, 0.15) is 11.2 Å². The molecule has 1 unspecified atom stereocenters. The average Bonchev–Trinajstić information content (AvgIpc) is 3.15. The van der Waals surface area contributed by atoms with Gasteiger partial charge in [-0.3, -0.25) is 4.79 Å². The minimum Gasteiger partial charge on any atom is -0.403 e. The summed E-state index contributed by atoms with van der Waals surface area (Å²) in [6, 6.07) is 1.30. The average molecular weight is 327 g/mol. The van der Waals surface area contributed by atoms with E-state index in [1.165, 1.54) is 13.0 Å². The molecular weight excluding hydrogens is 311 g/mol. The molecule has 22 heavy (non-hydrogen) atoms. The van der Waals surface area contributed by atoms with Gasteiger partial charge in [-0.15, -0.1) is 11.6 Å². The second kappa shape index (κ2) is 5.50. The monoisotopic (exact) mass is 326 g/mol. The third kappa shape index (κ3) is 3.06. The molecule has 2 aromatic heterocycles. The van der Waals surface area contributed by atoms with Crippen molar-refractivity contribution < 1.29 is 8.81 Å². The van der Waals surface area contributed by atoms with Crippen molar-refractivity contribution in [2.75, 3.05) is 0 Å². The molecule has 2 aromatic rings. The summed E-state index contributed by atoms with van der Waals surface area (Å²) in [5, 5.41) is 0.211. The topological polar surface area (TPSA) is 76.0 Å². The molecule has 1 fully saturated rings. The third-order valence-corrected chi connectivity index (χ3v) is 4.52. The predicted octanol–water partition coefficient (Wildman–Crippen LogP) is 3.00. The number of hydrogen-bond acceptors (Lipinski definition) is 4. The van der Waals surface area contributed by atoms with E-state index < -0.39 is 17.4 Å². The molecule has 0 spiro atoms. The van der Waals surface area contributed by atoms with E-state index in [9.17, 15) is 14.0 Å². The Kier molecular flexibility index (Phi) is 3.80. The number of rotatable bonds is 5. The summed E-state index contributed by atoms with van der Waals surface area (Å²) in [7, 11) is 0. The van der Waals surface area contributed by atoms with Crippen LogP contribution in [-0.4, -0.2) is 14.8 Å². The highest BCUT2D eigenvalue weighted by atomic mass is 35.5. The van der Waals surface area contributed by atoms with E-state index in [-0.39, 0.29) is 21.8 Å². The molecule has 1 N–H and O–H groups in total. The van der Waals surface area contributed by atoms with Crippen LogP contribution in [0.4, 0.5) is 4.39 Å². The minimum absolute atomic E-state index is 0.100. The first kappa shape index (κ1) is 15.2. The molecule has 0 aliphatic heterocycles. The second-order valence-electron chi connectivity index (χ2n) is 5.84. The van der Waals surface area contributed by atoms with Gasteiger partial charge in [-0.1, -0.05) is 0 Å². The first-order valence-corrected chi connectivity index (χ1v) is 7.66. The smallest absolute Gasteiger partial charge is 0.337 e. The molecule has 1 aliphatic rings. The van der Waals surface area contributed by atoms with E-state index in [0.717, 1.165) is 25.7 Å². The Morgan fingerprint density at radius 1 is 1.50 bits per heavy atom. The van der Waals surface area contributed by atoms with Crippen molar-refractivity contribution in [1.82, 2.24) is 9.97 Å². The molecule has 0 aromatic carbocycles. The highest BCUT2D eigenvalue weighted by molar-refractivity contribution is 6.25. The molecule has 0 bridgehead atoms.